The van der Waals surface area contributed by atoms with Crippen LogP contribution in [0.1, 0.15) is 37.0 Å². The predicted octanol–water partition coefficient (Wildman–Crippen LogP) is 2.71. The van der Waals surface area contributed by atoms with Crippen molar-refractivity contribution in [2.45, 2.75) is 38.3 Å². The number of hydrogen-bond donors (Lipinski definition) is 1. The summed E-state index contributed by atoms with van der Waals surface area (Å²) in [4.78, 5) is 0. The van der Waals surface area contributed by atoms with Crippen molar-refractivity contribution in [3.63, 3.8) is 0 Å². The maximum atomic E-state index is 5.97. The summed E-state index contributed by atoms with van der Waals surface area (Å²) in [5.41, 5.74) is 2.79. The van der Waals surface area contributed by atoms with Crippen LogP contribution in [0.4, 0.5) is 0 Å². The van der Waals surface area contributed by atoms with E-state index in [-0.39, 0.29) is 6.10 Å². The second kappa shape index (κ2) is 7.63. The fourth-order valence-electron chi connectivity index (χ4n) is 2.69. The van der Waals surface area contributed by atoms with E-state index in [9.17, 15) is 0 Å². The molecule has 0 amide bonds. The maximum absolute atomic E-state index is 5.97. The first-order valence-electron chi connectivity index (χ1n) is 7.26. The Balaban J connectivity index is 2.01. The molecule has 1 heterocycles. The first-order chi connectivity index (χ1) is 9.35. The lowest BCUT2D eigenvalue weighted by molar-refractivity contribution is 0.0214. The number of fused-ring (bicyclic) bond motifs is 1. The zero-order valence-electron chi connectivity index (χ0n) is 12.0. The van der Waals surface area contributed by atoms with Gasteiger partial charge in [-0.2, -0.15) is 0 Å². The Kier molecular flexibility index (Phi) is 5.83. The smallest absolute Gasteiger partial charge is 0.0843 e. The average Bonchev–Trinajstić information content (AvgIpc) is 2.45. The van der Waals surface area contributed by atoms with Gasteiger partial charge in [-0.05, 0) is 36.9 Å². The van der Waals surface area contributed by atoms with E-state index in [1.165, 1.54) is 11.1 Å². The van der Waals surface area contributed by atoms with Crippen molar-refractivity contribution in [2.75, 3.05) is 26.9 Å². The summed E-state index contributed by atoms with van der Waals surface area (Å²) in [6.45, 7) is 4.78. The molecule has 0 radical (unpaired) electrons. The fraction of sp³-hybridized carbons (Fsp3) is 0.625. The van der Waals surface area contributed by atoms with E-state index in [0.717, 1.165) is 39.0 Å². The molecule has 2 rings (SSSR count). The van der Waals surface area contributed by atoms with Gasteiger partial charge in [-0.25, -0.2) is 0 Å². The summed E-state index contributed by atoms with van der Waals surface area (Å²) in [7, 11) is 1.76. The Hall–Kier alpha value is -0.900. The Morgan fingerprint density at radius 2 is 2.26 bits per heavy atom. The lowest BCUT2D eigenvalue weighted by Crippen LogP contribution is -2.36. The summed E-state index contributed by atoms with van der Waals surface area (Å²) in [5, 5.41) is 3.54. The van der Waals surface area contributed by atoms with Gasteiger partial charge in [0, 0.05) is 13.2 Å². The highest BCUT2D eigenvalue weighted by molar-refractivity contribution is 5.31. The fourth-order valence-corrected chi connectivity index (χ4v) is 2.69. The topological polar surface area (TPSA) is 30.5 Å². The van der Waals surface area contributed by atoms with Crippen molar-refractivity contribution in [3.8, 4) is 0 Å². The number of methoxy groups -OCH3 is 1. The first-order valence-corrected chi connectivity index (χ1v) is 7.26. The second-order valence-electron chi connectivity index (χ2n) is 5.15. The van der Waals surface area contributed by atoms with Gasteiger partial charge in [0.25, 0.3) is 0 Å². The Morgan fingerprint density at radius 3 is 3.05 bits per heavy atom. The zero-order valence-corrected chi connectivity index (χ0v) is 12.0. The third-order valence-corrected chi connectivity index (χ3v) is 3.64. The highest BCUT2D eigenvalue weighted by Gasteiger charge is 2.23. The molecule has 0 aromatic heterocycles. The molecule has 0 aliphatic carbocycles. The van der Waals surface area contributed by atoms with Crippen LogP contribution in [0.2, 0.25) is 0 Å². The second-order valence-corrected chi connectivity index (χ2v) is 5.15. The van der Waals surface area contributed by atoms with Crippen molar-refractivity contribution in [2.24, 2.45) is 0 Å². The van der Waals surface area contributed by atoms with Crippen LogP contribution in [-0.2, 0) is 15.9 Å². The third kappa shape index (κ3) is 4.03. The molecule has 0 bridgehead atoms. The lowest BCUT2D eigenvalue weighted by Gasteiger charge is -2.29. The van der Waals surface area contributed by atoms with Crippen LogP contribution in [0.25, 0.3) is 0 Å². The Bertz CT molecular complexity index is 381. The van der Waals surface area contributed by atoms with Gasteiger partial charge in [-0.3, -0.25) is 0 Å². The highest BCUT2D eigenvalue weighted by Crippen LogP contribution is 2.30. The molecular weight excluding hydrogens is 238 g/mol. The van der Waals surface area contributed by atoms with Crippen LogP contribution in [0, 0.1) is 0 Å². The van der Waals surface area contributed by atoms with E-state index < -0.39 is 0 Å². The lowest BCUT2D eigenvalue weighted by atomic mass is 9.93. The first kappa shape index (κ1) is 14.5. The molecule has 1 aromatic rings. The molecule has 1 aliphatic heterocycles. The van der Waals surface area contributed by atoms with Crippen LogP contribution in [-0.4, -0.2) is 32.9 Å². The molecule has 1 N–H and O–H groups in total. The molecule has 19 heavy (non-hydrogen) atoms. The molecular formula is C16H25NO2. The van der Waals surface area contributed by atoms with Crippen LogP contribution < -0.4 is 5.32 Å². The molecule has 0 fully saturated rings. The zero-order chi connectivity index (χ0) is 13.5. The van der Waals surface area contributed by atoms with Crippen molar-refractivity contribution < 1.29 is 9.47 Å². The quantitative estimate of drug-likeness (QED) is 0.820. The summed E-state index contributed by atoms with van der Waals surface area (Å²) in [6.07, 6.45) is 3.35. The SMILES string of the molecule is CCCNC(COC)CC1OCCc2ccccc21. The minimum Gasteiger partial charge on any atom is -0.383 e. The van der Waals surface area contributed by atoms with Crippen LogP contribution in [0.5, 0.6) is 0 Å². The predicted molar refractivity (Wildman–Crippen MR) is 77.4 cm³/mol. The monoisotopic (exact) mass is 263 g/mol. The molecule has 106 valence electrons. The standard InChI is InChI=1S/C16H25NO2/c1-3-9-17-14(12-18-2)11-16-15-7-5-4-6-13(15)8-10-19-16/h4-7,14,16-17H,3,8-12H2,1-2H3. The van der Waals surface area contributed by atoms with Crippen LogP contribution in [0.3, 0.4) is 0 Å². The molecule has 3 heteroatoms. The molecule has 2 unspecified atom stereocenters. The van der Waals surface area contributed by atoms with E-state index in [1.807, 2.05) is 0 Å². The molecule has 3 nitrogen and oxygen atoms in total. The largest absolute Gasteiger partial charge is 0.383 e. The minimum absolute atomic E-state index is 0.203. The van der Waals surface area contributed by atoms with Crippen molar-refractivity contribution in [3.05, 3.63) is 35.4 Å². The van der Waals surface area contributed by atoms with Gasteiger partial charge >= 0.3 is 0 Å². The van der Waals surface area contributed by atoms with E-state index in [1.54, 1.807) is 7.11 Å². The number of hydrogen-bond acceptors (Lipinski definition) is 3. The van der Waals surface area contributed by atoms with Gasteiger partial charge in [0.15, 0.2) is 0 Å². The van der Waals surface area contributed by atoms with E-state index in [0.29, 0.717) is 6.04 Å². The number of nitrogens with one attached hydrogen (secondary N) is 1. The summed E-state index contributed by atoms with van der Waals surface area (Å²) < 4.78 is 11.3. The molecule has 0 saturated carbocycles. The van der Waals surface area contributed by atoms with Crippen molar-refractivity contribution in [1.82, 2.24) is 5.32 Å². The molecule has 1 aliphatic rings. The van der Waals surface area contributed by atoms with Gasteiger partial charge < -0.3 is 14.8 Å². The number of ether oxygens (including phenoxy) is 2. The Morgan fingerprint density at radius 1 is 1.42 bits per heavy atom. The summed E-state index contributed by atoms with van der Waals surface area (Å²) in [5.74, 6) is 0. The number of rotatable bonds is 7. The molecule has 2 atom stereocenters. The minimum atomic E-state index is 0.203. The van der Waals surface area contributed by atoms with Gasteiger partial charge in [0.1, 0.15) is 0 Å². The Labute approximate surface area is 116 Å². The molecule has 1 aromatic carbocycles. The van der Waals surface area contributed by atoms with E-state index >= 15 is 0 Å². The average molecular weight is 263 g/mol. The van der Waals surface area contributed by atoms with Gasteiger partial charge in [0.05, 0.1) is 19.3 Å². The van der Waals surface area contributed by atoms with Crippen LogP contribution in [0.15, 0.2) is 24.3 Å². The highest BCUT2D eigenvalue weighted by atomic mass is 16.5. The summed E-state index contributed by atoms with van der Waals surface area (Å²) >= 11 is 0. The van der Waals surface area contributed by atoms with Crippen molar-refractivity contribution >= 4 is 0 Å². The van der Waals surface area contributed by atoms with Gasteiger partial charge in [-0.15, -0.1) is 0 Å². The third-order valence-electron chi connectivity index (χ3n) is 3.64. The van der Waals surface area contributed by atoms with E-state index in [2.05, 4.69) is 36.5 Å². The van der Waals surface area contributed by atoms with Crippen molar-refractivity contribution in [1.29, 1.82) is 0 Å². The summed E-state index contributed by atoms with van der Waals surface area (Å²) in [6, 6.07) is 8.99. The van der Waals surface area contributed by atoms with Gasteiger partial charge in [-0.1, -0.05) is 31.2 Å². The number of benzene rings is 1. The van der Waals surface area contributed by atoms with Gasteiger partial charge in [0.2, 0.25) is 0 Å². The normalized spacial score (nSPS) is 20.0. The van der Waals surface area contributed by atoms with Crippen LogP contribution >= 0.6 is 0 Å². The molecule has 0 saturated heterocycles. The van der Waals surface area contributed by atoms with E-state index in [4.69, 9.17) is 9.47 Å². The molecule has 0 spiro atoms. The maximum Gasteiger partial charge on any atom is 0.0843 e.